The van der Waals surface area contributed by atoms with Crippen LogP contribution in [0, 0.1) is 5.92 Å². The maximum absolute atomic E-state index is 12.1. The highest BCUT2D eigenvalue weighted by Gasteiger charge is 2.47. The van der Waals surface area contributed by atoms with Gasteiger partial charge in [-0.3, -0.25) is 4.79 Å². The molecule has 0 bridgehead atoms. The van der Waals surface area contributed by atoms with Crippen LogP contribution in [-0.2, 0) is 9.53 Å². The summed E-state index contributed by atoms with van der Waals surface area (Å²) < 4.78 is 5.38. The number of nitrogens with two attached hydrogens (primary N) is 1. The molecule has 4 nitrogen and oxygen atoms in total. The standard InChI is InChI=1S/C16H21ClN2O2/c1-21-15(16(20)19-8-3-2-7-18)14-10-13(14)11-5-4-6-12(17)9-11/h2-6,9,13-15H,7-8,10,18H2,1H3,(H,19,20)/b3-2+/t13-,14-,15?/m1/s1. The van der Waals surface area contributed by atoms with E-state index in [-0.39, 0.29) is 11.8 Å². The molecule has 3 N–H and O–H groups in total. The van der Waals surface area contributed by atoms with Crippen LogP contribution in [-0.4, -0.2) is 32.2 Å². The second-order valence-electron chi connectivity index (χ2n) is 5.17. The number of hydrogen-bond acceptors (Lipinski definition) is 3. The Balaban J connectivity index is 1.91. The molecule has 1 aromatic carbocycles. The van der Waals surface area contributed by atoms with E-state index >= 15 is 0 Å². The first-order valence-corrected chi connectivity index (χ1v) is 7.46. The molecule has 0 radical (unpaired) electrons. The van der Waals surface area contributed by atoms with Crippen LogP contribution in [0.2, 0.25) is 5.02 Å². The summed E-state index contributed by atoms with van der Waals surface area (Å²) in [7, 11) is 1.58. The van der Waals surface area contributed by atoms with Crippen LogP contribution >= 0.6 is 11.6 Å². The van der Waals surface area contributed by atoms with E-state index in [1.165, 1.54) is 5.56 Å². The summed E-state index contributed by atoms with van der Waals surface area (Å²) in [5, 5.41) is 3.57. The maximum atomic E-state index is 12.1. The van der Waals surface area contributed by atoms with Gasteiger partial charge in [-0.15, -0.1) is 0 Å². The van der Waals surface area contributed by atoms with Crippen molar-refractivity contribution in [3.05, 3.63) is 47.0 Å². The molecule has 1 aromatic rings. The van der Waals surface area contributed by atoms with Gasteiger partial charge >= 0.3 is 0 Å². The van der Waals surface area contributed by atoms with Crippen molar-refractivity contribution in [2.24, 2.45) is 11.7 Å². The molecule has 0 aliphatic heterocycles. The largest absolute Gasteiger partial charge is 0.371 e. The van der Waals surface area contributed by atoms with E-state index in [9.17, 15) is 4.79 Å². The van der Waals surface area contributed by atoms with Gasteiger partial charge in [-0.2, -0.15) is 0 Å². The van der Waals surface area contributed by atoms with Gasteiger partial charge < -0.3 is 15.8 Å². The zero-order chi connectivity index (χ0) is 15.2. The van der Waals surface area contributed by atoms with Crippen LogP contribution in [0.3, 0.4) is 0 Å². The van der Waals surface area contributed by atoms with Crippen molar-refractivity contribution in [3.8, 4) is 0 Å². The van der Waals surface area contributed by atoms with Gasteiger partial charge in [-0.25, -0.2) is 0 Å². The topological polar surface area (TPSA) is 64.3 Å². The number of carbonyl (C=O) groups excluding carboxylic acids is 1. The normalized spacial score (nSPS) is 22.2. The summed E-state index contributed by atoms with van der Waals surface area (Å²) in [6, 6.07) is 7.80. The molecule has 1 aliphatic carbocycles. The van der Waals surface area contributed by atoms with E-state index in [4.69, 9.17) is 22.1 Å². The van der Waals surface area contributed by atoms with Crippen LogP contribution in [0.5, 0.6) is 0 Å². The van der Waals surface area contributed by atoms with Gasteiger partial charge in [0.15, 0.2) is 0 Å². The fourth-order valence-corrected chi connectivity index (χ4v) is 2.78. The quantitative estimate of drug-likeness (QED) is 0.758. The summed E-state index contributed by atoms with van der Waals surface area (Å²) in [5.74, 6) is 0.486. The number of methoxy groups -OCH3 is 1. The summed E-state index contributed by atoms with van der Waals surface area (Å²) >= 11 is 6.01. The smallest absolute Gasteiger partial charge is 0.249 e. The molecule has 0 spiro atoms. The Morgan fingerprint density at radius 2 is 2.38 bits per heavy atom. The van der Waals surface area contributed by atoms with E-state index in [1.54, 1.807) is 7.11 Å². The van der Waals surface area contributed by atoms with Crippen LogP contribution in [0.4, 0.5) is 0 Å². The zero-order valence-electron chi connectivity index (χ0n) is 12.1. The van der Waals surface area contributed by atoms with Gasteiger partial charge in [-0.1, -0.05) is 35.9 Å². The van der Waals surface area contributed by atoms with Crippen LogP contribution in [0.25, 0.3) is 0 Å². The lowest BCUT2D eigenvalue weighted by molar-refractivity contribution is -0.132. The number of halogens is 1. The Labute approximate surface area is 130 Å². The second kappa shape index (κ2) is 7.59. The Hall–Kier alpha value is -1.36. The Morgan fingerprint density at radius 3 is 3.05 bits per heavy atom. The number of benzene rings is 1. The molecule has 1 aliphatic rings. The van der Waals surface area contributed by atoms with E-state index in [0.717, 1.165) is 11.4 Å². The highest BCUT2D eigenvalue weighted by Crippen LogP contribution is 2.50. The van der Waals surface area contributed by atoms with Gasteiger partial charge in [0.2, 0.25) is 5.91 Å². The van der Waals surface area contributed by atoms with Crippen LogP contribution in [0.1, 0.15) is 17.9 Å². The molecule has 0 saturated heterocycles. The monoisotopic (exact) mass is 308 g/mol. The third-order valence-electron chi connectivity index (χ3n) is 3.71. The van der Waals surface area contributed by atoms with E-state index in [0.29, 0.717) is 19.0 Å². The molecule has 1 unspecified atom stereocenters. The molecule has 1 fully saturated rings. The first-order valence-electron chi connectivity index (χ1n) is 7.08. The van der Waals surface area contributed by atoms with Crippen molar-refractivity contribution < 1.29 is 9.53 Å². The fourth-order valence-electron chi connectivity index (χ4n) is 2.59. The minimum Gasteiger partial charge on any atom is -0.371 e. The zero-order valence-corrected chi connectivity index (χ0v) is 12.8. The van der Waals surface area contributed by atoms with Crippen molar-refractivity contribution in [1.82, 2.24) is 5.32 Å². The molecule has 3 atom stereocenters. The SMILES string of the molecule is COC(C(=O)NC/C=C/CN)[C@@H]1C[C@@H]1c1cccc(Cl)c1. The number of hydrogen-bond donors (Lipinski definition) is 2. The van der Waals surface area contributed by atoms with E-state index in [1.807, 2.05) is 36.4 Å². The van der Waals surface area contributed by atoms with Gasteiger partial charge in [0, 0.05) is 31.1 Å². The summed E-state index contributed by atoms with van der Waals surface area (Å²) in [4.78, 5) is 12.1. The fraction of sp³-hybridized carbons (Fsp3) is 0.438. The molecule has 0 aromatic heterocycles. The lowest BCUT2D eigenvalue weighted by Crippen LogP contribution is -2.37. The number of amides is 1. The Morgan fingerprint density at radius 1 is 1.57 bits per heavy atom. The number of ether oxygens (including phenoxy) is 1. The first-order chi connectivity index (χ1) is 10.2. The maximum Gasteiger partial charge on any atom is 0.249 e. The van der Waals surface area contributed by atoms with Gasteiger partial charge in [-0.05, 0) is 30.0 Å². The van der Waals surface area contributed by atoms with Crippen molar-refractivity contribution in [2.75, 3.05) is 20.2 Å². The molecule has 5 heteroatoms. The average Bonchev–Trinajstić information content (AvgIpc) is 3.25. The minimum absolute atomic E-state index is 0.0753. The van der Waals surface area contributed by atoms with Crippen molar-refractivity contribution in [2.45, 2.75) is 18.4 Å². The highest BCUT2D eigenvalue weighted by molar-refractivity contribution is 6.30. The van der Waals surface area contributed by atoms with Crippen LogP contribution in [0.15, 0.2) is 36.4 Å². The number of rotatable bonds is 7. The predicted octanol–water partition coefficient (Wildman–Crippen LogP) is 2.09. The van der Waals surface area contributed by atoms with Gasteiger partial charge in [0.1, 0.15) is 6.10 Å². The second-order valence-corrected chi connectivity index (χ2v) is 5.61. The summed E-state index contributed by atoms with van der Waals surface area (Å²) in [5.41, 5.74) is 6.52. The van der Waals surface area contributed by atoms with Crippen molar-refractivity contribution in [1.29, 1.82) is 0 Å². The number of carbonyl (C=O) groups is 1. The third kappa shape index (κ3) is 4.30. The minimum atomic E-state index is -0.416. The van der Waals surface area contributed by atoms with Crippen LogP contribution < -0.4 is 11.1 Å². The van der Waals surface area contributed by atoms with E-state index < -0.39 is 6.10 Å². The summed E-state index contributed by atoms with van der Waals surface area (Å²) in [6.07, 6.45) is 4.19. The highest BCUT2D eigenvalue weighted by atomic mass is 35.5. The molecule has 114 valence electrons. The van der Waals surface area contributed by atoms with Crippen molar-refractivity contribution >= 4 is 17.5 Å². The Kier molecular flexibility index (Phi) is 5.79. The molecule has 1 amide bonds. The first kappa shape index (κ1) is 16.0. The molecule has 1 saturated carbocycles. The van der Waals surface area contributed by atoms with Gasteiger partial charge in [0.25, 0.3) is 0 Å². The van der Waals surface area contributed by atoms with Gasteiger partial charge in [0.05, 0.1) is 0 Å². The third-order valence-corrected chi connectivity index (χ3v) is 3.95. The molecular formula is C16H21ClN2O2. The molecule has 21 heavy (non-hydrogen) atoms. The lowest BCUT2D eigenvalue weighted by atomic mass is 10.1. The predicted molar refractivity (Wildman–Crippen MR) is 84.3 cm³/mol. The average molecular weight is 309 g/mol. The molecule has 0 heterocycles. The lowest BCUT2D eigenvalue weighted by Gasteiger charge is -2.14. The summed E-state index contributed by atoms with van der Waals surface area (Å²) in [6.45, 7) is 0.952. The van der Waals surface area contributed by atoms with E-state index in [2.05, 4.69) is 5.32 Å². The van der Waals surface area contributed by atoms with Crippen molar-refractivity contribution in [3.63, 3.8) is 0 Å². The number of nitrogens with one attached hydrogen (secondary N) is 1. The molecular weight excluding hydrogens is 288 g/mol. The molecule has 2 rings (SSSR count). The Bertz CT molecular complexity index is 519.